The molecule has 0 bridgehead atoms. The highest BCUT2D eigenvalue weighted by molar-refractivity contribution is 14.1. The first-order valence-electron chi connectivity index (χ1n) is 5.50. The summed E-state index contributed by atoms with van der Waals surface area (Å²) in [5.74, 6) is 0. The Morgan fingerprint density at radius 2 is 1.65 bits per heavy atom. The second kappa shape index (κ2) is 4.27. The number of aliphatic hydroxyl groups excluding tert-OH is 1. The Labute approximate surface area is 113 Å². The molecular formula is C15H11IO. The van der Waals surface area contributed by atoms with E-state index in [1.807, 2.05) is 6.07 Å². The Morgan fingerprint density at radius 3 is 2.41 bits per heavy atom. The zero-order chi connectivity index (χ0) is 11.8. The lowest BCUT2D eigenvalue weighted by Crippen LogP contribution is -1.86. The quantitative estimate of drug-likeness (QED) is 0.525. The first-order chi connectivity index (χ1) is 8.29. The van der Waals surface area contributed by atoms with Crippen LogP contribution in [0.5, 0.6) is 0 Å². The maximum Gasteiger partial charge on any atom is 0.0682 e. The van der Waals surface area contributed by atoms with Gasteiger partial charge in [0.15, 0.2) is 0 Å². The molecule has 3 aromatic carbocycles. The van der Waals surface area contributed by atoms with Crippen LogP contribution >= 0.6 is 22.6 Å². The normalized spacial score (nSPS) is 11.2. The zero-order valence-electron chi connectivity index (χ0n) is 9.15. The van der Waals surface area contributed by atoms with Gasteiger partial charge in [-0.1, -0.05) is 36.4 Å². The molecule has 0 amide bonds. The van der Waals surface area contributed by atoms with Crippen LogP contribution in [-0.4, -0.2) is 5.11 Å². The predicted molar refractivity (Wildman–Crippen MR) is 80.1 cm³/mol. The van der Waals surface area contributed by atoms with E-state index in [0.29, 0.717) is 0 Å². The van der Waals surface area contributed by atoms with Crippen molar-refractivity contribution in [3.05, 3.63) is 57.7 Å². The molecule has 0 aliphatic rings. The molecule has 0 saturated heterocycles. The molecule has 0 spiro atoms. The van der Waals surface area contributed by atoms with Gasteiger partial charge in [-0.3, -0.25) is 0 Å². The number of fused-ring (bicyclic) bond motifs is 3. The van der Waals surface area contributed by atoms with Gasteiger partial charge in [0.1, 0.15) is 0 Å². The number of halogens is 1. The molecule has 0 aliphatic heterocycles. The maximum absolute atomic E-state index is 9.22. The fraction of sp³-hybridized carbons (Fsp3) is 0.0667. The maximum atomic E-state index is 9.22. The van der Waals surface area contributed by atoms with E-state index in [-0.39, 0.29) is 6.61 Å². The van der Waals surface area contributed by atoms with Crippen LogP contribution in [0.4, 0.5) is 0 Å². The fourth-order valence-corrected chi connectivity index (χ4v) is 3.01. The fourth-order valence-electron chi connectivity index (χ4n) is 2.20. The average Bonchev–Trinajstić information content (AvgIpc) is 2.39. The van der Waals surface area contributed by atoms with Crippen molar-refractivity contribution in [1.82, 2.24) is 0 Å². The molecule has 0 fully saturated rings. The molecule has 0 atom stereocenters. The minimum absolute atomic E-state index is 0.0935. The van der Waals surface area contributed by atoms with Crippen LogP contribution in [0.1, 0.15) is 5.56 Å². The van der Waals surface area contributed by atoms with Crippen molar-refractivity contribution in [2.75, 3.05) is 0 Å². The summed E-state index contributed by atoms with van der Waals surface area (Å²) >= 11 is 2.37. The molecule has 0 saturated carbocycles. The summed E-state index contributed by atoms with van der Waals surface area (Å²) in [6.45, 7) is 0.0935. The molecule has 2 heteroatoms. The average molecular weight is 334 g/mol. The summed E-state index contributed by atoms with van der Waals surface area (Å²) in [5, 5.41) is 14.2. The van der Waals surface area contributed by atoms with Crippen LogP contribution in [0.3, 0.4) is 0 Å². The molecule has 0 heterocycles. The monoisotopic (exact) mass is 334 g/mol. The Hall–Kier alpha value is -1.13. The second-order valence-corrected chi connectivity index (χ2v) is 5.28. The third-order valence-corrected chi connectivity index (χ3v) is 3.95. The molecule has 3 rings (SSSR count). The Balaban J connectivity index is 2.51. The molecule has 0 unspecified atom stereocenters. The molecule has 0 radical (unpaired) electrons. The molecule has 0 aromatic heterocycles. The molecular weight excluding hydrogens is 323 g/mol. The molecule has 17 heavy (non-hydrogen) atoms. The Morgan fingerprint density at radius 1 is 0.882 bits per heavy atom. The van der Waals surface area contributed by atoms with E-state index in [9.17, 15) is 5.11 Å². The van der Waals surface area contributed by atoms with Crippen LogP contribution in [0.25, 0.3) is 21.5 Å². The van der Waals surface area contributed by atoms with E-state index < -0.39 is 0 Å². The smallest absolute Gasteiger partial charge is 0.0682 e. The lowest BCUT2D eigenvalue weighted by atomic mass is 10.0. The Kier molecular flexibility index (Phi) is 2.76. The van der Waals surface area contributed by atoms with Gasteiger partial charge in [0.25, 0.3) is 0 Å². The van der Waals surface area contributed by atoms with Crippen molar-refractivity contribution in [3.8, 4) is 0 Å². The first kappa shape index (κ1) is 11.0. The van der Waals surface area contributed by atoms with Gasteiger partial charge >= 0.3 is 0 Å². The van der Waals surface area contributed by atoms with Gasteiger partial charge in [-0.15, -0.1) is 0 Å². The number of benzene rings is 3. The number of aliphatic hydroxyl groups is 1. The predicted octanol–water partition coefficient (Wildman–Crippen LogP) is 4.09. The first-order valence-corrected chi connectivity index (χ1v) is 6.58. The van der Waals surface area contributed by atoms with Crippen LogP contribution in [-0.2, 0) is 6.61 Å². The van der Waals surface area contributed by atoms with Crippen molar-refractivity contribution in [1.29, 1.82) is 0 Å². The third kappa shape index (κ3) is 1.81. The van der Waals surface area contributed by atoms with Gasteiger partial charge in [-0.05, 0) is 61.8 Å². The molecule has 84 valence electrons. The van der Waals surface area contributed by atoms with Crippen LogP contribution in [0, 0.1) is 3.57 Å². The topological polar surface area (TPSA) is 20.2 Å². The van der Waals surface area contributed by atoms with E-state index >= 15 is 0 Å². The zero-order valence-corrected chi connectivity index (χ0v) is 11.3. The van der Waals surface area contributed by atoms with Crippen molar-refractivity contribution >= 4 is 44.1 Å². The summed E-state index contributed by atoms with van der Waals surface area (Å²) in [6, 6.07) is 16.7. The van der Waals surface area contributed by atoms with Crippen molar-refractivity contribution in [2.45, 2.75) is 6.61 Å². The van der Waals surface area contributed by atoms with Crippen molar-refractivity contribution in [3.63, 3.8) is 0 Å². The second-order valence-electron chi connectivity index (χ2n) is 4.12. The van der Waals surface area contributed by atoms with E-state index in [4.69, 9.17) is 0 Å². The highest BCUT2D eigenvalue weighted by atomic mass is 127. The standard InChI is InChI=1S/C15H11IO/c16-15-8-11-6-5-10(9-17)7-14(11)12-3-1-2-4-13(12)15/h1-8,17H,9H2. The number of hydrogen-bond donors (Lipinski definition) is 1. The van der Waals surface area contributed by atoms with Gasteiger partial charge in [0.05, 0.1) is 6.61 Å². The van der Waals surface area contributed by atoms with Crippen LogP contribution < -0.4 is 0 Å². The summed E-state index contributed by atoms with van der Waals surface area (Å²) in [7, 11) is 0. The summed E-state index contributed by atoms with van der Waals surface area (Å²) in [5.41, 5.74) is 0.962. The Bertz CT molecular complexity index is 704. The molecule has 1 N–H and O–H groups in total. The summed E-state index contributed by atoms with van der Waals surface area (Å²) in [4.78, 5) is 0. The van der Waals surface area contributed by atoms with Gasteiger partial charge in [0, 0.05) is 3.57 Å². The molecule has 3 aromatic rings. The SMILES string of the molecule is OCc1ccc2cc(I)c3ccccc3c2c1. The van der Waals surface area contributed by atoms with Gasteiger partial charge < -0.3 is 5.11 Å². The van der Waals surface area contributed by atoms with Crippen LogP contribution in [0.2, 0.25) is 0 Å². The van der Waals surface area contributed by atoms with E-state index in [0.717, 1.165) is 5.56 Å². The molecule has 1 nitrogen and oxygen atoms in total. The summed E-state index contributed by atoms with van der Waals surface area (Å²) in [6.07, 6.45) is 0. The third-order valence-electron chi connectivity index (χ3n) is 3.06. The van der Waals surface area contributed by atoms with Gasteiger partial charge in [-0.25, -0.2) is 0 Å². The highest BCUT2D eigenvalue weighted by Gasteiger charge is 2.04. The lowest BCUT2D eigenvalue weighted by Gasteiger charge is -2.07. The largest absolute Gasteiger partial charge is 0.392 e. The van der Waals surface area contributed by atoms with Crippen LogP contribution in [0.15, 0.2) is 48.5 Å². The molecule has 0 aliphatic carbocycles. The van der Waals surface area contributed by atoms with Gasteiger partial charge in [0.2, 0.25) is 0 Å². The van der Waals surface area contributed by atoms with Crippen molar-refractivity contribution in [2.24, 2.45) is 0 Å². The van der Waals surface area contributed by atoms with Crippen molar-refractivity contribution < 1.29 is 5.11 Å². The minimum Gasteiger partial charge on any atom is -0.392 e. The minimum atomic E-state index is 0.0935. The number of rotatable bonds is 1. The lowest BCUT2D eigenvalue weighted by molar-refractivity contribution is 0.282. The van der Waals surface area contributed by atoms with E-state index in [2.05, 4.69) is 65.1 Å². The van der Waals surface area contributed by atoms with E-state index in [1.165, 1.54) is 25.1 Å². The summed E-state index contributed by atoms with van der Waals surface area (Å²) < 4.78 is 1.27. The van der Waals surface area contributed by atoms with E-state index in [1.54, 1.807) is 0 Å². The van der Waals surface area contributed by atoms with Gasteiger partial charge in [-0.2, -0.15) is 0 Å². The number of hydrogen-bond acceptors (Lipinski definition) is 1. The highest BCUT2D eigenvalue weighted by Crippen LogP contribution is 2.30.